The van der Waals surface area contributed by atoms with E-state index in [1.807, 2.05) is 61.7 Å². The molecule has 5 rings (SSSR count). The number of rotatable bonds is 7. The van der Waals surface area contributed by atoms with Gasteiger partial charge in [-0.3, -0.25) is 9.78 Å². The number of thiocarbonyl (C=S) groups is 1. The Morgan fingerprint density at radius 2 is 1.87 bits per heavy atom. The second-order valence-electron chi connectivity index (χ2n) is 9.38. The average Bonchev–Trinajstić information content (AvgIpc) is 3.41. The van der Waals surface area contributed by atoms with E-state index >= 15 is 0 Å². The first kappa shape index (κ1) is 25.6. The predicted octanol–water partition coefficient (Wildman–Crippen LogP) is 4.95. The molecule has 8 nitrogen and oxygen atoms in total. The molecule has 0 bridgehead atoms. The van der Waals surface area contributed by atoms with Crippen molar-refractivity contribution in [1.29, 1.82) is 0 Å². The molecule has 1 aromatic carbocycles. The Bertz CT molecular complexity index is 1450. The van der Waals surface area contributed by atoms with E-state index in [-0.39, 0.29) is 24.6 Å². The number of nitrogens with one attached hydrogen (secondary N) is 2. The minimum Gasteiger partial charge on any atom is -0.375 e. The minimum absolute atomic E-state index is 0.00116. The summed E-state index contributed by atoms with van der Waals surface area (Å²) in [4.78, 5) is 23.4. The zero-order valence-corrected chi connectivity index (χ0v) is 22.6. The van der Waals surface area contributed by atoms with E-state index in [1.54, 1.807) is 6.20 Å². The lowest BCUT2D eigenvalue weighted by Crippen LogP contribution is -2.29. The van der Waals surface area contributed by atoms with Gasteiger partial charge in [0.25, 0.3) is 0 Å². The molecule has 0 saturated carbocycles. The van der Waals surface area contributed by atoms with Crippen LogP contribution in [0.5, 0.6) is 0 Å². The summed E-state index contributed by atoms with van der Waals surface area (Å²) in [6.45, 7) is 6.25. The van der Waals surface area contributed by atoms with Crippen molar-refractivity contribution in [2.75, 3.05) is 23.9 Å². The lowest BCUT2D eigenvalue weighted by molar-refractivity contribution is -0.119. The van der Waals surface area contributed by atoms with E-state index in [4.69, 9.17) is 17.0 Å². The third-order valence-electron chi connectivity index (χ3n) is 6.72. The van der Waals surface area contributed by atoms with Gasteiger partial charge in [-0.1, -0.05) is 12.1 Å². The highest BCUT2D eigenvalue weighted by atomic mass is 32.1. The molecule has 1 aliphatic heterocycles. The van der Waals surface area contributed by atoms with Gasteiger partial charge in [0, 0.05) is 42.3 Å². The molecule has 0 unspecified atom stereocenters. The zero-order valence-electron chi connectivity index (χ0n) is 21.8. The van der Waals surface area contributed by atoms with Crippen LogP contribution in [0.25, 0.3) is 5.82 Å². The van der Waals surface area contributed by atoms with E-state index in [9.17, 15) is 4.79 Å². The van der Waals surface area contributed by atoms with Gasteiger partial charge in [0.05, 0.1) is 17.8 Å². The lowest BCUT2D eigenvalue weighted by atomic mass is 9.96. The van der Waals surface area contributed by atoms with E-state index in [0.29, 0.717) is 10.8 Å². The molecule has 4 aromatic rings. The summed E-state index contributed by atoms with van der Waals surface area (Å²) in [6.07, 6.45) is 3.69. The van der Waals surface area contributed by atoms with Crippen LogP contribution in [0.2, 0.25) is 0 Å². The summed E-state index contributed by atoms with van der Waals surface area (Å²) in [5.74, 6) is 0.673. The summed E-state index contributed by atoms with van der Waals surface area (Å²) in [5.41, 5.74) is 6.93. The number of ether oxygens (including phenoxy) is 1. The molecule has 194 valence electrons. The van der Waals surface area contributed by atoms with Crippen LogP contribution >= 0.6 is 12.2 Å². The van der Waals surface area contributed by atoms with Gasteiger partial charge >= 0.3 is 0 Å². The fourth-order valence-corrected chi connectivity index (χ4v) is 5.36. The van der Waals surface area contributed by atoms with Crippen LogP contribution in [0, 0.1) is 20.8 Å². The van der Waals surface area contributed by atoms with Crippen LogP contribution in [-0.2, 0) is 9.53 Å². The molecule has 9 heteroatoms. The molecule has 1 amide bonds. The maximum Gasteiger partial charge on any atom is 0.250 e. The number of amides is 1. The van der Waals surface area contributed by atoms with Crippen molar-refractivity contribution in [2.45, 2.75) is 32.9 Å². The quantitative estimate of drug-likeness (QED) is 0.330. The first-order valence-corrected chi connectivity index (χ1v) is 12.8. The second kappa shape index (κ2) is 10.7. The number of nitrogens with zero attached hydrogens (tertiary/aromatic N) is 4. The van der Waals surface area contributed by atoms with Crippen molar-refractivity contribution in [2.24, 2.45) is 0 Å². The molecule has 4 heterocycles. The number of aromatic nitrogens is 3. The van der Waals surface area contributed by atoms with Crippen molar-refractivity contribution in [3.8, 4) is 5.82 Å². The average molecular weight is 527 g/mol. The van der Waals surface area contributed by atoms with Crippen LogP contribution in [0.3, 0.4) is 0 Å². The highest BCUT2D eigenvalue weighted by molar-refractivity contribution is 7.80. The van der Waals surface area contributed by atoms with E-state index < -0.39 is 0 Å². The van der Waals surface area contributed by atoms with Gasteiger partial charge in [0.15, 0.2) is 5.11 Å². The summed E-state index contributed by atoms with van der Waals surface area (Å²) in [7, 11) is 1.49. The van der Waals surface area contributed by atoms with Crippen LogP contribution in [0.4, 0.5) is 11.4 Å². The van der Waals surface area contributed by atoms with Gasteiger partial charge < -0.3 is 24.8 Å². The fraction of sp³-hybridized carbons (Fsp3) is 0.241. The number of methoxy groups -OCH3 is 1. The predicted molar refractivity (Wildman–Crippen MR) is 153 cm³/mol. The third kappa shape index (κ3) is 4.90. The maximum atomic E-state index is 12.0. The Hall–Kier alpha value is -4.08. The highest BCUT2D eigenvalue weighted by Crippen LogP contribution is 2.43. The molecule has 1 saturated heterocycles. The number of anilines is 2. The summed E-state index contributed by atoms with van der Waals surface area (Å²) >= 11 is 5.89. The summed E-state index contributed by atoms with van der Waals surface area (Å²) < 4.78 is 7.09. The Kier molecular flexibility index (Phi) is 7.22. The number of hydrogen-bond acceptors (Lipinski definition) is 5. The monoisotopic (exact) mass is 526 g/mol. The first-order valence-electron chi connectivity index (χ1n) is 12.4. The van der Waals surface area contributed by atoms with Crippen LogP contribution < -0.4 is 15.5 Å². The van der Waals surface area contributed by atoms with Gasteiger partial charge in [-0.2, -0.15) is 0 Å². The molecule has 0 radical (unpaired) electrons. The van der Waals surface area contributed by atoms with Crippen LogP contribution in [-0.4, -0.2) is 39.3 Å². The standard InChI is InChI=1S/C29H30N6O2S/c1-18-8-13-25(31-16-18)34-19(2)15-23(20(34)3)28-27(24-7-5-6-14-30-24)33-29(38)35(28)22-11-9-21(10-12-22)32-26(36)17-37-4/h5-16,27-28H,17H2,1-4H3,(H,32,36)(H,33,38)/t27-,28-/m0/s1. The second-order valence-corrected chi connectivity index (χ2v) is 9.77. The van der Waals surface area contributed by atoms with Crippen molar-refractivity contribution in [3.63, 3.8) is 0 Å². The van der Waals surface area contributed by atoms with E-state index in [1.165, 1.54) is 7.11 Å². The summed E-state index contributed by atoms with van der Waals surface area (Å²) in [5, 5.41) is 6.97. The number of carbonyl (C=O) groups is 1. The number of hydrogen-bond donors (Lipinski definition) is 2. The third-order valence-corrected chi connectivity index (χ3v) is 7.03. The Morgan fingerprint density at radius 1 is 1.08 bits per heavy atom. The normalized spacial score (nSPS) is 16.9. The van der Waals surface area contributed by atoms with E-state index in [2.05, 4.69) is 56.0 Å². The molecule has 0 aliphatic carbocycles. The number of benzene rings is 1. The van der Waals surface area contributed by atoms with E-state index in [0.717, 1.165) is 39.7 Å². The van der Waals surface area contributed by atoms with Gasteiger partial charge in [-0.25, -0.2) is 4.98 Å². The number of aryl methyl sites for hydroxylation is 2. The number of pyridine rings is 2. The molecular formula is C29H30N6O2S. The van der Waals surface area contributed by atoms with Crippen molar-refractivity contribution in [1.82, 2.24) is 19.9 Å². The molecule has 3 aromatic heterocycles. The smallest absolute Gasteiger partial charge is 0.250 e. The summed E-state index contributed by atoms with van der Waals surface area (Å²) in [6, 6.07) is 19.6. The Morgan fingerprint density at radius 3 is 2.53 bits per heavy atom. The van der Waals surface area contributed by atoms with Crippen molar-refractivity contribution in [3.05, 3.63) is 101 Å². The maximum absolute atomic E-state index is 12.0. The molecule has 38 heavy (non-hydrogen) atoms. The van der Waals surface area contributed by atoms with Gasteiger partial charge in [0.2, 0.25) is 5.91 Å². The highest BCUT2D eigenvalue weighted by Gasteiger charge is 2.42. The Labute approximate surface area is 227 Å². The minimum atomic E-state index is -0.205. The van der Waals surface area contributed by atoms with Gasteiger partial charge in [0.1, 0.15) is 12.4 Å². The topological polar surface area (TPSA) is 84.3 Å². The Balaban J connectivity index is 1.57. The van der Waals surface area contributed by atoms with Gasteiger partial charge in [-0.15, -0.1) is 0 Å². The first-order chi connectivity index (χ1) is 18.4. The largest absolute Gasteiger partial charge is 0.375 e. The molecule has 0 spiro atoms. The fourth-order valence-electron chi connectivity index (χ4n) is 5.01. The molecule has 1 fully saturated rings. The molecule has 2 atom stereocenters. The zero-order chi connectivity index (χ0) is 26.8. The molecule has 2 N–H and O–H groups in total. The van der Waals surface area contributed by atoms with Crippen LogP contribution in [0.1, 0.15) is 40.3 Å². The SMILES string of the molecule is COCC(=O)Nc1ccc(N2C(=S)N[C@@H](c3ccccn3)[C@@H]2c2cc(C)n(-c3ccc(C)cn3)c2C)cc1. The van der Waals surface area contributed by atoms with Crippen molar-refractivity contribution < 1.29 is 9.53 Å². The number of carbonyl (C=O) groups excluding carboxylic acids is 1. The molecule has 1 aliphatic rings. The van der Waals surface area contributed by atoms with Crippen LogP contribution in [0.15, 0.2) is 73.1 Å². The van der Waals surface area contributed by atoms with Crippen molar-refractivity contribution >= 4 is 34.6 Å². The molecular weight excluding hydrogens is 496 g/mol. The lowest BCUT2D eigenvalue weighted by Gasteiger charge is -2.28. The van der Waals surface area contributed by atoms with Gasteiger partial charge in [-0.05, 0) is 92.6 Å².